The third kappa shape index (κ3) is 1.69. The number of hydrogen-bond donors (Lipinski definition) is 1. The number of H-pyrrole nitrogens is 1. The Morgan fingerprint density at radius 2 is 2.00 bits per heavy atom. The molecular weight excluding hydrogens is 266 g/mol. The zero-order valence-corrected chi connectivity index (χ0v) is 11.2. The number of pyridine rings is 1. The van der Waals surface area contributed by atoms with Gasteiger partial charge in [0.2, 0.25) is 0 Å². The Morgan fingerprint density at radius 3 is 2.62 bits per heavy atom. The van der Waals surface area contributed by atoms with Gasteiger partial charge in [-0.15, -0.1) is 0 Å². The minimum absolute atomic E-state index is 0.127. The van der Waals surface area contributed by atoms with E-state index in [1.165, 1.54) is 5.56 Å². The van der Waals surface area contributed by atoms with Gasteiger partial charge in [0.15, 0.2) is 5.43 Å². The van der Waals surface area contributed by atoms with Gasteiger partial charge in [-0.3, -0.25) is 4.79 Å². The van der Waals surface area contributed by atoms with Crippen molar-refractivity contribution in [2.24, 2.45) is 0 Å². The Morgan fingerprint density at radius 1 is 1.31 bits per heavy atom. The maximum absolute atomic E-state index is 12.1. The van der Waals surface area contributed by atoms with E-state index >= 15 is 0 Å². The van der Waals surface area contributed by atoms with Crippen molar-refractivity contribution in [3.8, 4) is 0 Å². The molecule has 2 rings (SSSR count). The highest BCUT2D eigenvalue weighted by molar-refractivity contribution is 9.10. The van der Waals surface area contributed by atoms with Crippen LogP contribution in [-0.4, -0.2) is 4.98 Å². The van der Waals surface area contributed by atoms with Crippen molar-refractivity contribution >= 4 is 26.8 Å². The molecule has 0 bridgehead atoms. The van der Waals surface area contributed by atoms with Crippen molar-refractivity contribution in [3.63, 3.8) is 0 Å². The molecule has 1 heterocycles. The molecule has 1 N–H and O–H groups in total. The molecule has 0 aliphatic rings. The number of aromatic amines is 1. The molecule has 0 radical (unpaired) electrons. The molecule has 0 aliphatic carbocycles. The normalized spacial score (nSPS) is 11.0. The van der Waals surface area contributed by atoms with E-state index in [1.807, 2.05) is 19.9 Å². The van der Waals surface area contributed by atoms with Crippen LogP contribution in [0.25, 0.3) is 10.9 Å². The molecule has 0 fully saturated rings. The number of hydrogen-bond acceptors (Lipinski definition) is 1. The monoisotopic (exact) mass is 279 g/mol. The highest BCUT2D eigenvalue weighted by Crippen LogP contribution is 2.22. The summed E-state index contributed by atoms with van der Waals surface area (Å²) in [4.78, 5) is 15.5. The maximum Gasteiger partial charge on any atom is 0.192 e. The fraction of sp³-hybridized carbons (Fsp3) is 0.308. The Bertz CT molecular complexity index is 613. The van der Waals surface area contributed by atoms with Gasteiger partial charge >= 0.3 is 0 Å². The highest BCUT2D eigenvalue weighted by Gasteiger charge is 2.09. The third-order valence-electron chi connectivity index (χ3n) is 3.03. The number of rotatable bonds is 1. The van der Waals surface area contributed by atoms with Crippen LogP contribution in [0.15, 0.2) is 21.4 Å². The summed E-state index contributed by atoms with van der Waals surface area (Å²) in [5.41, 5.74) is 4.02. The summed E-state index contributed by atoms with van der Waals surface area (Å²) >= 11 is 3.45. The molecule has 0 atom stereocenters. The van der Waals surface area contributed by atoms with Crippen molar-refractivity contribution in [2.45, 2.75) is 27.2 Å². The molecule has 3 heteroatoms. The van der Waals surface area contributed by atoms with E-state index in [-0.39, 0.29) is 5.43 Å². The van der Waals surface area contributed by atoms with Gasteiger partial charge in [0, 0.05) is 21.1 Å². The molecule has 1 aromatic carbocycles. The lowest BCUT2D eigenvalue weighted by atomic mass is 10.0. The quantitative estimate of drug-likeness (QED) is 0.852. The van der Waals surface area contributed by atoms with Crippen LogP contribution in [0.2, 0.25) is 0 Å². The third-order valence-corrected chi connectivity index (χ3v) is 3.48. The smallest absolute Gasteiger partial charge is 0.192 e. The zero-order chi connectivity index (χ0) is 11.9. The van der Waals surface area contributed by atoms with Gasteiger partial charge in [-0.2, -0.15) is 0 Å². The number of nitrogens with one attached hydrogen (secondary N) is 1. The second kappa shape index (κ2) is 4.06. The van der Waals surface area contributed by atoms with Crippen LogP contribution >= 0.6 is 15.9 Å². The zero-order valence-electron chi connectivity index (χ0n) is 9.65. The van der Waals surface area contributed by atoms with Crippen molar-refractivity contribution < 1.29 is 0 Å². The Hall–Kier alpha value is -1.09. The lowest BCUT2D eigenvalue weighted by Crippen LogP contribution is -2.10. The molecular formula is C13H14BrNO. The molecule has 2 aromatic rings. The summed E-state index contributed by atoms with van der Waals surface area (Å²) in [6.45, 7) is 5.90. The first-order valence-corrected chi connectivity index (χ1v) is 6.15. The molecule has 16 heavy (non-hydrogen) atoms. The Labute approximate surface area is 103 Å². The Kier molecular flexibility index (Phi) is 2.89. The number of benzene rings is 1. The number of aromatic nitrogens is 1. The standard InChI is InChI=1S/C13H14BrNO/c1-4-9-5-10(14)6-11-12(9)15-8(3)7(2)13(11)16/h5-6H,4H2,1-3H3,(H,15,16). The minimum atomic E-state index is 0.127. The summed E-state index contributed by atoms with van der Waals surface area (Å²) in [6.07, 6.45) is 0.911. The molecule has 0 aliphatic heterocycles. The topological polar surface area (TPSA) is 32.9 Å². The van der Waals surface area contributed by atoms with E-state index in [9.17, 15) is 4.79 Å². The largest absolute Gasteiger partial charge is 0.358 e. The lowest BCUT2D eigenvalue weighted by Gasteiger charge is -2.08. The summed E-state index contributed by atoms with van der Waals surface area (Å²) in [6, 6.07) is 3.95. The van der Waals surface area contributed by atoms with Gasteiger partial charge in [0.05, 0.1) is 5.52 Å². The molecule has 0 saturated carbocycles. The van der Waals surface area contributed by atoms with Crippen molar-refractivity contribution in [1.82, 2.24) is 4.98 Å². The van der Waals surface area contributed by atoms with Crippen molar-refractivity contribution in [1.29, 1.82) is 0 Å². The van der Waals surface area contributed by atoms with Gasteiger partial charge in [-0.1, -0.05) is 22.9 Å². The fourth-order valence-corrected chi connectivity index (χ4v) is 2.43. The molecule has 84 valence electrons. The van der Waals surface area contributed by atoms with E-state index in [4.69, 9.17) is 0 Å². The number of aryl methyl sites for hydroxylation is 2. The van der Waals surface area contributed by atoms with E-state index in [2.05, 4.69) is 33.9 Å². The minimum Gasteiger partial charge on any atom is -0.358 e. The van der Waals surface area contributed by atoms with Crippen molar-refractivity contribution in [2.75, 3.05) is 0 Å². The van der Waals surface area contributed by atoms with Crippen LogP contribution in [0.4, 0.5) is 0 Å². The second-order valence-corrected chi connectivity index (χ2v) is 4.96. The molecule has 0 saturated heterocycles. The van der Waals surface area contributed by atoms with Gasteiger partial charge in [0.25, 0.3) is 0 Å². The first-order valence-electron chi connectivity index (χ1n) is 5.36. The van der Waals surface area contributed by atoms with E-state index in [1.54, 1.807) is 0 Å². The summed E-state index contributed by atoms with van der Waals surface area (Å²) < 4.78 is 0.964. The predicted molar refractivity (Wildman–Crippen MR) is 71.1 cm³/mol. The van der Waals surface area contributed by atoms with Gasteiger partial charge < -0.3 is 4.98 Å². The van der Waals surface area contributed by atoms with Crippen LogP contribution < -0.4 is 5.43 Å². The van der Waals surface area contributed by atoms with E-state index in [0.29, 0.717) is 0 Å². The van der Waals surface area contributed by atoms with E-state index < -0.39 is 0 Å². The first kappa shape index (κ1) is 11.4. The molecule has 2 nitrogen and oxygen atoms in total. The maximum atomic E-state index is 12.1. The van der Waals surface area contributed by atoms with Crippen LogP contribution in [0.3, 0.4) is 0 Å². The number of halogens is 1. The van der Waals surface area contributed by atoms with Crippen LogP contribution in [0, 0.1) is 13.8 Å². The molecule has 0 amide bonds. The second-order valence-electron chi connectivity index (χ2n) is 4.05. The van der Waals surface area contributed by atoms with E-state index in [0.717, 1.165) is 33.1 Å². The molecule has 0 unspecified atom stereocenters. The predicted octanol–water partition coefficient (Wildman–Crippen LogP) is 3.47. The average Bonchev–Trinajstić information content (AvgIpc) is 2.26. The van der Waals surface area contributed by atoms with Gasteiger partial charge in [-0.05, 0) is 38.0 Å². The Balaban J connectivity index is 3.01. The average molecular weight is 280 g/mol. The molecule has 0 spiro atoms. The summed E-state index contributed by atoms with van der Waals surface area (Å²) in [5, 5.41) is 0.773. The van der Waals surface area contributed by atoms with Crippen LogP contribution in [-0.2, 0) is 6.42 Å². The molecule has 1 aromatic heterocycles. The first-order chi connectivity index (χ1) is 7.54. The fourth-order valence-electron chi connectivity index (χ4n) is 1.92. The highest BCUT2D eigenvalue weighted by atomic mass is 79.9. The summed E-state index contributed by atoms with van der Waals surface area (Å²) in [7, 11) is 0. The van der Waals surface area contributed by atoms with Gasteiger partial charge in [0.1, 0.15) is 0 Å². The number of fused-ring (bicyclic) bond motifs is 1. The lowest BCUT2D eigenvalue weighted by molar-refractivity contribution is 1.11. The summed E-state index contributed by atoms with van der Waals surface area (Å²) in [5.74, 6) is 0. The van der Waals surface area contributed by atoms with Crippen LogP contribution in [0.5, 0.6) is 0 Å². The van der Waals surface area contributed by atoms with Crippen molar-refractivity contribution in [3.05, 3.63) is 43.6 Å². The SMILES string of the molecule is CCc1cc(Br)cc2c(=O)c(C)c(C)[nH]c12. The van der Waals surface area contributed by atoms with Crippen LogP contribution in [0.1, 0.15) is 23.7 Å². The van der Waals surface area contributed by atoms with Gasteiger partial charge in [-0.25, -0.2) is 0 Å².